The molecule has 0 saturated carbocycles. The second-order valence-corrected chi connectivity index (χ2v) is 6.61. The number of rotatable bonds is 4. The highest BCUT2D eigenvalue weighted by atomic mass is 32.1. The quantitative estimate of drug-likeness (QED) is 0.856. The molecule has 0 spiro atoms. The van der Waals surface area contributed by atoms with Crippen LogP contribution < -0.4 is 5.73 Å². The van der Waals surface area contributed by atoms with Crippen molar-refractivity contribution in [2.45, 2.75) is 39.7 Å². The van der Waals surface area contributed by atoms with Gasteiger partial charge in [-0.2, -0.15) is 0 Å². The van der Waals surface area contributed by atoms with Gasteiger partial charge in [-0.1, -0.05) is 25.7 Å². The zero-order valence-electron chi connectivity index (χ0n) is 12.0. The van der Waals surface area contributed by atoms with Crippen LogP contribution in [0.15, 0.2) is 12.1 Å². The van der Waals surface area contributed by atoms with Gasteiger partial charge in [-0.25, -0.2) is 0 Å². The maximum atomic E-state index is 5.40. The van der Waals surface area contributed by atoms with Crippen LogP contribution in [0.1, 0.15) is 42.9 Å². The minimum Gasteiger partial charge on any atom is -0.320 e. The highest BCUT2D eigenvalue weighted by molar-refractivity contribution is 7.12. The summed E-state index contributed by atoms with van der Waals surface area (Å²) >= 11 is 1.80. The maximum Gasteiger partial charge on any atom is 0.0772 e. The zero-order chi connectivity index (χ0) is 13.7. The van der Waals surface area contributed by atoms with E-state index in [2.05, 4.69) is 42.7 Å². The van der Waals surface area contributed by atoms with Gasteiger partial charge in [0.05, 0.1) is 11.4 Å². The van der Waals surface area contributed by atoms with Crippen LogP contribution in [0.2, 0.25) is 0 Å². The predicted molar refractivity (Wildman–Crippen MR) is 83.2 cm³/mol. The molecule has 1 aliphatic rings. The molecular weight excluding hydrogens is 252 g/mol. The van der Waals surface area contributed by atoms with Gasteiger partial charge in [0.25, 0.3) is 0 Å². The Kier molecular flexibility index (Phi) is 5.04. The summed E-state index contributed by atoms with van der Waals surface area (Å²) in [5, 5.41) is 0. The molecule has 19 heavy (non-hydrogen) atoms. The molecule has 0 radical (unpaired) electrons. The highest BCUT2D eigenvalue weighted by Crippen LogP contribution is 2.37. The minimum atomic E-state index is 0.439. The normalized spacial score (nSPS) is 18.3. The first-order valence-electron chi connectivity index (χ1n) is 7.21. The molecule has 0 bridgehead atoms. The number of likely N-dealkylation sites (tertiary alicyclic amines) is 1. The summed E-state index contributed by atoms with van der Waals surface area (Å²) in [5.74, 6) is 6.03. The van der Waals surface area contributed by atoms with Crippen LogP contribution >= 0.6 is 11.3 Å². The van der Waals surface area contributed by atoms with E-state index in [-0.39, 0.29) is 0 Å². The van der Waals surface area contributed by atoms with Crippen molar-refractivity contribution in [2.24, 2.45) is 11.1 Å². The van der Waals surface area contributed by atoms with Crippen molar-refractivity contribution in [2.75, 3.05) is 19.6 Å². The highest BCUT2D eigenvalue weighted by Gasteiger charge is 2.34. The average molecular weight is 276 g/mol. The summed E-state index contributed by atoms with van der Waals surface area (Å²) in [7, 11) is 0. The topological polar surface area (TPSA) is 29.3 Å². The number of hydrogen-bond acceptors (Lipinski definition) is 3. The molecule has 104 valence electrons. The fraction of sp³-hybridized carbons (Fsp3) is 0.625. The van der Waals surface area contributed by atoms with E-state index in [1.807, 2.05) is 0 Å². The predicted octanol–water partition coefficient (Wildman–Crippen LogP) is 3.07. The third-order valence-corrected chi connectivity index (χ3v) is 5.36. The number of hydrogen-bond donors (Lipinski definition) is 1. The van der Waals surface area contributed by atoms with E-state index in [0.717, 1.165) is 11.4 Å². The molecule has 1 aliphatic heterocycles. The Labute approximate surface area is 121 Å². The van der Waals surface area contributed by atoms with Gasteiger partial charge in [0.1, 0.15) is 0 Å². The van der Waals surface area contributed by atoms with Crippen LogP contribution in [0, 0.1) is 17.3 Å². The molecule has 0 unspecified atom stereocenters. The summed E-state index contributed by atoms with van der Waals surface area (Å²) in [6.07, 6.45) is 3.96. The van der Waals surface area contributed by atoms with Crippen LogP contribution in [0.25, 0.3) is 0 Å². The maximum absolute atomic E-state index is 5.40. The van der Waals surface area contributed by atoms with Crippen LogP contribution in [0.5, 0.6) is 0 Å². The molecule has 0 aliphatic carbocycles. The molecule has 0 aromatic carbocycles. The molecule has 3 heteroatoms. The van der Waals surface area contributed by atoms with Crippen molar-refractivity contribution < 1.29 is 0 Å². The molecule has 0 atom stereocenters. The van der Waals surface area contributed by atoms with Crippen LogP contribution in [0.3, 0.4) is 0 Å². The van der Waals surface area contributed by atoms with Crippen molar-refractivity contribution >= 4 is 11.3 Å². The van der Waals surface area contributed by atoms with E-state index in [1.54, 1.807) is 11.3 Å². The first-order valence-corrected chi connectivity index (χ1v) is 8.03. The lowest BCUT2D eigenvalue weighted by Gasteiger charge is -2.26. The largest absolute Gasteiger partial charge is 0.320 e. The molecule has 1 aromatic heterocycles. The van der Waals surface area contributed by atoms with Gasteiger partial charge < -0.3 is 5.73 Å². The first-order chi connectivity index (χ1) is 9.21. The van der Waals surface area contributed by atoms with E-state index in [4.69, 9.17) is 5.73 Å². The summed E-state index contributed by atoms with van der Waals surface area (Å²) < 4.78 is 0. The van der Waals surface area contributed by atoms with Crippen molar-refractivity contribution in [3.05, 3.63) is 21.9 Å². The van der Waals surface area contributed by atoms with Gasteiger partial charge in [0.2, 0.25) is 0 Å². The van der Waals surface area contributed by atoms with Crippen molar-refractivity contribution in [3.8, 4) is 11.8 Å². The summed E-state index contributed by atoms with van der Waals surface area (Å²) in [6.45, 7) is 8.67. The molecule has 2 N–H and O–H groups in total. The Morgan fingerprint density at radius 2 is 2.16 bits per heavy atom. The van der Waals surface area contributed by atoms with Crippen molar-refractivity contribution in [3.63, 3.8) is 0 Å². The van der Waals surface area contributed by atoms with Gasteiger partial charge in [-0.3, -0.25) is 4.90 Å². The monoisotopic (exact) mass is 276 g/mol. The lowest BCUT2D eigenvalue weighted by molar-refractivity contribution is 0.237. The van der Waals surface area contributed by atoms with E-state index in [9.17, 15) is 0 Å². The molecule has 1 saturated heterocycles. The Morgan fingerprint density at radius 3 is 2.79 bits per heavy atom. The first kappa shape index (κ1) is 14.6. The zero-order valence-corrected chi connectivity index (χ0v) is 12.9. The van der Waals surface area contributed by atoms with Crippen LogP contribution in [-0.4, -0.2) is 24.5 Å². The third kappa shape index (κ3) is 3.60. The van der Waals surface area contributed by atoms with Crippen LogP contribution in [-0.2, 0) is 6.54 Å². The third-order valence-electron chi connectivity index (χ3n) is 4.37. The average Bonchev–Trinajstić information content (AvgIpc) is 3.04. The Balaban J connectivity index is 1.94. The lowest BCUT2D eigenvalue weighted by Crippen LogP contribution is -2.25. The number of thiophene rings is 1. The van der Waals surface area contributed by atoms with E-state index >= 15 is 0 Å². The Morgan fingerprint density at radius 1 is 1.37 bits per heavy atom. The molecule has 2 nitrogen and oxygen atoms in total. The fourth-order valence-electron chi connectivity index (χ4n) is 2.88. The SMILES string of the molecule is CCC1(CC)CCN(Cc2ccc(C#CCN)s2)C1. The molecule has 2 rings (SSSR count). The standard InChI is InChI=1S/C16H24N2S/c1-3-16(4-2)9-11-18(13-16)12-15-8-7-14(19-15)6-5-10-17/h7-8H,3-4,9-13,17H2,1-2H3. The Bertz CT molecular complexity index is 463. The summed E-state index contributed by atoms with van der Waals surface area (Å²) in [4.78, 5) is 5.15. The van der Waals surface area contributed by atoms with Crippen molar-refractivity contribution in [1.82, 2.24) is 4.90 Å². The van der Waals surface area contributed by atoms with Gasteiger partial charge in [0.15, 0.2) is 0 Å². The van der Waals surface area contributed by atoms with E-state index in [0.29, 0.717) is 12.0 Å². The van der Waals surface area contributed by atoms with Gasteiger partial charge in [-0.05, 0) is 43.4 Å². The fourth-order valence-corrected chi connectivity index (χ4v) is 3.80. The molecular formula is C16H24N2S. The second kappa shape index (κ2) is 6.56. The molecule has 1 fully saturated rings. The van der Waals surface area contributed by atoms with Gasteiger partial charge in [0, 0.05) is 18.0 Å². The van der Waals surface area contributed by atoms with E-state index in [1.165, 1.54) is 37.2 Å². The molecule has 1 aromatic rings. The van der Waals surface area contributed by atoms with Gasteiger partial charge in [-0.15, -0.1) is 11.3 Å². The van der Waals surface area contributed by atoms with Crippen molar-refractivity contribution in [1.29, 1.82) is 0 Å². The summed E-state index contributed by atoms with van der Waals surface area (Å²) in [5.41, 5.74) is 5.97. The number of nitrogens with zero attached hydrogens (tertiary/aromatic N) is 1. The minimum absolute atomic E-state index is 0.439. The second-order valence-electron chi connectivity index (χ2n) is 5.44. The van der Waals surface area contributed by atoms with E-state index < -0.39 is 0 Å². The van der Waals surface area contributed by atoms with Crippen LogP contribution in [0.4, 0.5) is 0 Å². The smallest absolute Gasteiger partial charge is 0.0772 e. The molecule has 0 amide bonds. The van der Waals surface area contributed by atoms with Gasteiger partial charge >= 0.3 is 0 Å². The molecule has 2 heterocycles. The summed E-state index contributed by atoms with van der Waals surface area (Å²) in [6, 6.07) is 4.33. The Hall–Kier alpha value is -0.820. The number of nitrogens with two attached hydrogens (primary N) is 1. The lowest BCUT2D eigenvalue weighted by atomic mass is 9.82.